The summed E-state index contributed by atoms with van der Waals surface area (Å²) < 4.78 is 32.7. The molecule has 3 aromatic heterocycles. The average Bonchev–Trinajstić information content (AvgIpc) is 3.07. The lowest BCUT2D eigenvalue weighted by Gasteiger charge is -2.13. The molecule has 1 atom stereocenters. The molecular weight excluding hydrogens is 396 g/mol. The number of carbonyl (C=O) groups excluding carboxylic acids is 1. The molecule has 0 radical (unpaired) electrons. The SMILES string of the molecule is Cc1cc(Cn2cc3c(C(=O)NCC(C)O)nccc3n2)cnc1OCC(C)(F)F. The lowest BCUT2D eigenvalue weighted by atomic mass is 10.2. The van der Waals surface area contributed by atoms with Crippen LogP contribution in [0.3, 0.4) is 0 Å². The van der Waals surface area contributed by atoms with Crippen molar-refractivity contribution >= 4 is 16.8 Å². The Labute approximate surface area is 171 Å². The van der Waals surface area contributed by atoms with Crippen LogP contribution < -0.4 is 10.1 Å². The average molecular weight is 419 g/mol. The van der Waals surface area contributed by atoms with Crippen LogP contribution in [0.5, 0.6) is 5.88 Å². The van der Waals surface area contributed by atoms with Crippen LogP contribution in [0.2, 0.25) is 0 Å². The molecule has 30 heavy (non-hydrogen) atoms. The first-order valence-electron chi connectivity index (χ1n) is 9.37. The van der Waals surface area contributed by atoms with Gasteiger partial charge in [0.25, 0.3) is 11.8 Å². The Balaban J connectivity index is 1.77. The Morgan fingerprint density at radius 2 is 2.17 bits per heavy atom. The highest BCUT2D eigenvalue weighted by Crippen LogP contribution is 2.21. The predicted octanol–water partition coefficient (Wildman–Crippen LogP) is 2.33. The van der Waals surface area contributed by atoms with E-state index in [1.165, 1.54) is 12.4 Å². The summed E-state index contributed by atoms with van der Waals surface area (Å²) in [6.07, 6.45) is 4.08. The van der Waals surface area contributed by atoms with Crippen LogP contribution in [0.1, 0.15) is 35.5 Å². The molecule has 8 nitrogen and oxygen atoms in total. The molecule has 160 valence electrons. The van der Waals surface area contributed by atoms with Crippen molar-refractivity contribution in [3.63, 3.8) is 0 Å². The molecule has 0 bridgehead atoms. The molecule has 3 aromatic rings. The highest BCUT2D eigenvalue weighted by Gasteiger charge is 2.23. The Morgan fingerprint density at radius 1 is 1.40 bits per heavy atom. The molecule has 0 fully saturated rings. The molecule has 0 aromatic carbocycles. The van der Waals surface area contributed by atoms with Gasteiger partial charge in [-0.1, -0.05) is 0 Å². The minimum atomic E-state index is -2.94. The van der Waals surface area contributed by atoms with E-state index in [1.807, 2.05) is 0 Å². The second-order valence-corrected chi connectivity index (χ2v) is 7.30. The lowest BCUT2D eigenvalue weighted by Crippen LogP contribution is -2.31. The van der Waals surface area contributed by atoms with E-state index in [1.54, 1.807) is 36.9 Å². The Hall–Kier alpha value is -3.14. The van der Waals surface area contributed by atoms with Crippen LogP contribution in [0.4, 0.5) is 8.78 Å². The quantitative estimate of drug-likeness (QED) is 0.581. The van der Waals surface area contributed by atoms with Crippen molar-refractivity contribution in [1.29, 1.82) is 0 Å². The van der Waals surface area contributed by atoms with Crippen LogP contribution >= 0.6 is 0 Å². The van der Waals surface area contributed by atoms with Crippen molar-refractivity contribution in [3.8, 4) is 5.88 Å². The number of hydrogen-bond donors (Lipinski definition) is 2. The van der Waals surface area contributed by atoms with E-state index in [2.05, 4.69) is 20.4 Å². The van der Waals surface area contributed by atoms with Gasteiger partial charge in [0.2, 0.25) is 5.88 Å². The third-order valence-corrected chi connectivity index (χ3v) is 4.15. The van der Waals surface area contributed by atoms with Gasteiger partial charge in [-0.2, -0.15) is 5.10 Å². The molecule has 3 rings (SSSR count). The van der Waals surface area contributed by atoms with Gasteiger partial charge < -0.3 is 15.2 Å². The Kier molecular flexibility index (Phi) is 6.25. The summed E-state index contributed by atoms with van der Waals surface area (Å²) in [5.74, 6) is -3.17. The maximum atomic E-state index is 13.0. The van der Waals surface area contributed by atoms with Crippen LogP contribution in [0, 0.1) is 6.92 Å². The number of nitrogens with zero attached hydrogens (tertiary/aromatic N) is 4. The van der Waals surface area contributed by atoms with Gasteiger partial charge in [-0.05, 0) is 31.5 Å². The third-order valence-electron chi connectivity index (χ3n) is 4.15. The first-order valence-corrected chi connectivity index (χ1v) is 9.37. The van der Waals surface area contributed by atoms with Gasteiger partial charge in [-0.15, -0.1) is 0 Å². The van der Waals surface area contributed by atoms with Crippen LogP contribution in [0.25, 0.3) is 10.9 Å². The summed E-state index contributed by atoms with van der Waals surface area (Å²) >= 11 is 0. The Bertz CT molecular complexity index is 1050. The fourth-order valence-electron chi connectivity index (χ4n) is 2.82. The van der Waals surface area contributed by atoms with E-state index < -0.39 is 24.5 Å². The highest BCUT2D eigenvalue weighted by molar-refractivity contribution is 6.04. The molecule has 2 N–H and O–H groups in total. The van der Waals surface area contributed by atoms with Crippen LogP contribution in [0.15, 0.2) is 30.7 Å². The molecule has 0 aliphatic carbocycles. The number of carbonyl (C=O) groups is 1. The number of rotatable bonds is 8. The first kappa shape index (κ1) is 21.6. The molecule has 0 aliphatic heterocycles. The highest BCUT2D eigenvalue weighted by atomic mass is 19.3. The summed E-state index contributed by atoms with van der Waals surface area (Å²) in [5.41, 5.74) is 2.25. The van der Waals surface area contributed by atoms with Crippen molar-refractivity contribution < 1.29 is 23.4 Å². The lowest BCUT2D eigenvalue weighted by molar-refractivity contribution is -0.0244. The number of aliphatic hydroxyl groups is 1. The zero-order valence-electron chi connectivity index (χ0n) is 16.9. The molecule has 1 unspecified atom stereocenters. The molecule has 1 amide bonds. The fraction of sp³-hybridized carbons (Fsp3) is 0.400. The van der Waals surface area contributed by atoms with E-state index >= 15 is 0 Å². The number of hydrogen-bond acceptors (Lipinski definition) is 6. The largest absolute Gasteiger partial charge is 0.471 e. The zero-order chi connectivity index (χ0) is 21.9. The summed E-state index contributed by atoms with van der Waals surface area (Å²) in [4.78, 5) is 20.6. The van der Waals surface area contributed by atoms with Crippen LogP contribution in [-0.2, 0) is 6.54 Å². The van der Waals surface area contributed by atoms with Gasteiger partial charge in [0.1, 0.15) is 5.69 Å². The minimum absolute atomic E-state index is 0.119. The second-order valence-electron chi connectivity index (χ2n) is 7.30. The molecular formula is C20H23F2N5O3. The molecule has 0 spiro atoms. The van der Waals surface area contributed by atoms with E-state index in [-0.39, 0.29) is 18.1 Å². The van der Waals surface area contributed by atoms with Gasteiger partial charge in [0, 0.05) is 37.6 Å². The van der Waals surface area contributed by atoms with Crippen molar-refractivity contribution in [2.75, 3.05) is 13.2 Å². The van der Waals surface area contributed by atoms with Gasteiger partial charge in [0.15, 0.2) is 6.61 Å². The second kappa shape index (κ2) is 8.70. The monoisotopic (exact) mass is 419 g/mol. The van der Waals surface area contributed by atoms with Crippen LogP contribution in [-0.4, -0.2) is 55.9 Å². The van der Waals surface area contributed by atoms with E-state index in [0.717, 1.165) is 12.5 Å². The van der Waals surface area contributed by atoms with Crippen molar-refractivity contribution in [3.05, 3.63) is 47.5 Å². The maximum Gasteiger partial charge on any atom is 0.278 e. The summed E-state index contributed by atoms with van der Waals surface area (Å²) in [5, 5.41) is 17.0. The number of pyridine rings is 2. The normalized spacial score (nSPS) is 12.7. The molecule has 0 saturated carbocycles. The van der Waals surface area contributed by atoms with Gasteiger partial charge >= 0.3 is 0 Å². The molecule has 0 saturated heterocycles. The molecule has 10 heteroatoms. The number of fused-ring (bicyclic) bond motifs is 1. The number of amides is 1. The van der Waals surface area contributed by atoms with Crippen molar-refractivity contribution in [2.45, 2.75) is 39.3 Å². The van der Waals surface area contributed by atoms with E-state index in [9.17, 15) is 18.7 Å². The summed E-state index contributed by atoms with van der Waals surface area (Å²) in [6.45, 7) is 3.83. The first-order chi connectivity index (χ1) is 14.1. The number of alkyl halides is 2. The topological polar surface area (TPSA) is 102 Å². The fourth-order valence-corrected chi connectivity index (χ4v) is 2.82. The van der Waals surface area contributed by atoms with Crippen molar-refractivity contribution in [1.82, 2.24) is 25.1 Å². The number of ether oxygens (including phenoxy) is 1. The number of aryl methyl sites for hydroxylation is 1. The third kappa shape index (κ3) is 5.47. The number of halogens is 2. The summed E-state index contributed by atoms with van der Waals surface area (Å²) in [7, 11) is 0. The maximum absolute atomic E-state index is 13.0. The minimum Gasteiger partial charge on any atom is -0.471 e. The number of aliphatic hydroxyl groups excluding tert-OH is 1. The predicted molar refractivity (Wildman–Crippen MR) is 106 cm³/mol. The van der Waals surface area contributed by atoms with E-state index in [0.29, 0.717) is 23.0 Å². The zero-order valence-corrected chi connectivity index (χ0v) is 16.9. The van der Waals surface area contributed by atoms with Gasteiger partial charge in [-0.3, -0.25) is 14.5 Å². The van der Waals surface area contributed by atoms with Gasteiger partial charge in [-0.25, -0.2) is 13.8 Å². The molecule has 3 heterocycles. The standard InChI is InChI=1S/C20H23F2N5O3/c1-12-6-14(8-25-19(12)30-11-20(3,21)22)9-27-10-15-16(26-27)4-5-23-17(15)18(29)24-7-13(2)28/h4-6,8,10,13,28H,7,9,11H2,1-3H3,(H,24,29). The molecule has 0 aliphatic rings. The van der Waals surface area contributed by atoms with Crippen molar-refractivity contribution in [2.24, 2.45) is 0 Å². The van der Waals surface area contributed by atoms with Gasteiger partial charge in [0.05, 0.1) is 23.6 Å². The summed E-state index contributed by atoms with van der Waals surface area (Å²) in [6, 6.07) is 3.49. The number of nitrogens with one attached hydrogen (secondary N) is 1. The number of aromatic nitrogens is 4. The Morgan fingerprint density at radius 3 is 2.83 bits per heavy atom. The smallest absolute Gasteiger partial charge is 0.278 e. The van der Waals surface area contributed by atoms with E-state index in [4.69, 9.17) is 4.74 Å².